The molecule has 2 nitrogen and oxygen atoms in total. The van der Waals surface area contributed by atoms with E-state index in [4.69, 9.17) is 5.26 Å². The Labute approximate surface area is 89.1 Å². The van der Waals surface area contributed by atoms with Crippen molar-refractivity contribution in [1.82, 2.24) is 0 Å². The van der Waals surface area contributed by atoms with Crippen molar-refractivity contribution in [2.24, 2.45) is 0 Å². The van der Waals surface area contributed by atoms with E-state index in [1.54, 1.807) is 0 Å². The van der Waals surface area contributed by atoms with Crippen molar-refractivity contribution in [3.05, 3.63) is 0 Å². The molecule has 0 fully saturated rings. The van der Waals surface area contributed by atoms with E-state index < -0.39 is 0 Å². The fourth-order valence-electron chi connectivity index (χ4n) is 1.59. The summed E-state index contributed by atoms with van der Waals surface area (Å²) in [6.07, 6.45) is 8.01. The topological polar surface area (TPSA) is 23.8 Å². The quantitative estimate of drug-likeness (QED) is 0.333. The van der Waals surface area contributed by atoms with Gasteiger partial charge in [0.1, 0.15) is 6.07 Å². The maximum absolute atomic E-state index is 8.61. The zero-order valence-corrected chi connectivity index (χ0v) is 10.1. The van der Waals surface area contributed by atoms with Crippen LogP contribution in [0.1, 0.15) is 45.4 Å². The number of hydrogen-bond donors (Lipinski definition) is 0. The lowest BCUT2D eigenvalue weighted by molar-refractivity contribution is -0.883. The summed E-state index contributed by atoms with van der Waals surface area (Å²) in [5.41, 5.74) is 0. The zero-order valence-electron chi connectivity index (χ0n) is 10.1. The van der Waals surface area contributed by atoms with Gasteiger partial charge in [-0.2, -0.15) is 5.26 Å². The summed E-state index contributed by atoms with van der Waals surface area (Å²) in [4.78, 5) is 0. The summed E-state index contributed by atoms with van der Waals surface area (Å²) in [5.74, 6) is 0. The van der Waals surface area contributed by atoms with Gasteiger partial charge in [-0.05, 0) is 12.8 Å². The minimum absolute atomic E-state index is 0.634. The molecule has 0 saturated carbocycles. The van der Waals surface area contributed by atoms with Crippen LogP contribution in [-0.4, -0.2) is 31.7 Å². The smallest absolute Gasteiger partial charge is 0.166 e. The van der Waals surface area contributed by atoms with Gasteiger partial charge in [-0.1, -0.05) is 32.6 Å². The largest absolute Gasteiger partial charge is 0.317 e. The molecular weight excluding hydrogens is 172 g/mol. The van der Waals surface area contributed by atoms with E-state index in [-0.39, 0.29) is 0 Å². The van der Waals surface area contributed by atoms with Gasteiger partial charge in [0, 0.05) is 0 Å². The first-order chi connectivity index (χ1) is 6.62. The maximum Gasteiger partial charge on any atom is 0.166 e. The third-order valence-electron chi connectivity index (χ3n) is 2.62. The molecule has 14 heavy (non-hydrogen) atoms. The van der Waals surface area contributed by atoms with Gasteiger partial charge < -0.3 is 4.48 Å². The van der Waals surface area contributed by atoms with Gasteiger partial charge in [0.15, 0.2) is 6.54 Å². The summed E-state index contributed by atoms with van der Waals surface area (Å²) >= 11 is 0. The van der Waals surface area contributed by atoms with Crippen molar-refractivity contribution in [2.75, 3.05) is 27.2 Å². The van der Waals surface area contributed by atoms with Crippen LogP contribution in [-0.2, 0) is 0 Å². The number of unbranched alkanes of at least 4 members (excludes halogenated alkanes) is 5. The van der Waals surface area contributed by atoms with Crippen LogP contribution >= 0.6 is 0 Å². The van der Waals surface area contributed by atoms with Crippen molar-refractivity contribution in [1.29, 1.82) is 5.26 Å². The first kappa shape index (κ1) is 13.4. The van der Waals surface area contributed by atoms with Crippen molar-refractivity contribution in [3.8, 4) is 6.07 Å². The average Bonchev–Trinajstić information content (AvgIpc) is 2.11. The molecule has 0 atom stereocenters. The van der Waals surface area contributed by atoms with E-state index in [9.17, 15) is 0 Å². The third-order valence-corrected chi connectivity index (χ3v) is 2.62. The Morgan fingerprint density at radius 2 is 1.57 bits per heavy atom. The highest BCUT2D eigenvalue weighted by Gasteiger charge is 2.12. The Kier molecular flexibility index (Phi) is 7.51. The van der Waals surface area contributed by atoms with Crippen LogP contribution in [0.15, 0.2) is 0 Å². The molecule has 0 amide bonds. The maximum atomic E-state index is 8.61. The van der Waals surface area contributed by atoms with Gasteiger partial charge in [-0.15, -0.1) is 0 Å². The second-order valence-corrected chi connectivity index (χ2v) is 4.74. The van der Waals surface area contributed by atoms with E-state index in [0.717, 1.165) is 11.0 Å². The van der Waals surface area contributed by atoms with Crippen LogP contribution < -0.4 is 0 Å². The van der Waals surface area contributed by atoms with Crippen molar-refractivity contribution < 1.29 is 4.48 Å². The summed E-state index contributed by atoms with van der Waals surface area (Å²) in [5, 5.41) is 8.61. The molecule has 0 bridgehead atoms. The molecule has 82 valence electrons. The molecule has 0 aliphatic carbocycles. The number of nitriles is 1. The fraction of sp³-hybridized carbons (Fsp3) is 0.917. The number of quaternary nitrogens is 1. The van der Waals surface area contributed by atoms with Crippen LogP contribution in [0.2, 0.25) is 0 Å². The minimum Gasteiger partial charge on any atom is -0.317 e. The van der Waals surface area contributed by atoms with Crippen LogP contribution in [0.25, 0.3) is 0 Å². The van der Waals surface area contributed by atoms with Crippen LogP contribution in [0.5, 0.6) is 0 Å². The molecule has 0 rings (SSSR count). The Balaban J connectivity index is 3.31. The van der Waals surface area contributed by atoms with E-state index >= 15 is 0 Å². The first-order valence-corrected chi connectivity index (χ1v) is 5.81. The van der Waals surface area contributed by atoms with Gasteiger partial charge in [-0.25, -0.2) is 0 Å². The zero-order chi connectivity index (χ0) is 10.9. The van der Waals surface area contributed by atoms with Crippen molar-refractivity contribution >= 4 is 0 Å². The van der Waals surface area contributed by atoms with Gasteiger partial charge in [-0.3, -0.25) is 0 Å². The van der Waals surface area contributed by atoms with E-state index in [1.165, 1.54) is 38.5 Å². The molecule has 0 aromatic carbocycles. The molecule has 0 aliphatic rings. The highest BCUT2D eigenvalue weighted by Crippen LogP contribution is 2.07. The van der Waals surface area contributed by atoms with E-state index in [0.29, 0.717) is 6.54 Å². The Morgan fingerprint density at radius 1 is 1.00 bits per heavy atom. The van der Waals surface area contributed by atoms with Gasteiger partial charge >= 0.3 is 0 Å². The monoisotopic (exact) mass is 197 g/mol. The molecule has 0 aliphatic heterocycles. The molecule has 0 N–H and O–H groups in total. The molecule has 0 saturated heterocycles. The van der Waals surface area contributed by atoms with E-state index in [2.05, 4.69) is 27.1 Å². The number of hydrogen-bond acceptors (Lipinski definition) is 1. The van der Waals surface area contributed by atoms with Gasteiger partial charge in [0.05, 0.1) is 20.6 Å². The molecule has 0 spiro atoms. The Bertz CT molecular complexity index is 168. The Morgan fingerprint density at radius 3 is 2.14 bits per heavy atom. The molecule has 0 heterocycles. The van der Waals surface area contributed by atoms with Crippen LogP contribution in [0, 0.1) is 11.3 Å². The van der Waals surface area contributed by atoms with Crippen LogP contribution in [0.3, 0.4) is 0 Å². The predicted octanol–water partition coefficient (Wildman–Crippen LogP) is 2.95. The number of nitrogens with zero attached hydrogens (tertiary/aromatic N) is 2. The van der Waals surface area contributed by atoms with Crippen molar-refractivity contribution in [3.63, 3.8) is 0 Å². The first-order valence-electron chi connectivity index (χ1n) is 5.81. The van der Waals surface area contributed by atoms with Crippen molar-refractivity contribution in [2.45, 2.75) is 45.4 Å². The standard InChI is InChI=1S/C12H25N2/c1-4-5-6-7-8-9-11-14(2,3)12-10-13/h4-9,11-12H2,1-3H3/q+1. The van der Waals surface area contributed by atoms with Gasteiger partial charge in [0.25, 0.3) is 0 Å². The predicted molar refractivity (Wildman–Crippen MR) is 60.8 cm³/mol. The fourth-order valence-corrected chi connectivity index (χ4v) is 1.59. The lowest BCUT2D eigenvalue weighted by Crippen LogP contribution is -2.40. The molecule has 0 aromatic heterocycles. The lowest BCUT2D eigenvalue weighted by atomic mass is 10.1. The molecular formula is C12H25N2+. The highest BCUT2D eigenvalue weighted by atomic mass is 15.3. The normalized spacial score (nSPS) is 11.3. The summed E-state index contributed by atoms with van der Waals surface area (Å²) in [6, 6.07) is 2.24. The SMILES string of the molecule is CCCCCCCC[N+](C)(C)CC#N. The summed E-state index contributed by atoms with van der Waals surface area (Å²) in [6.45, 7) is 4.02. The van der Waals surface area contributed by atoms with Crippen LogP contribution in [0.4, 0.5) is 0 Å². The molecule has 2 heteroatoms. The number of rotatable bonds is 8. The summed E-state index contributed by atoms with van der Waals surface area (Å²) in [7, 11) is 4.27. The molecule has 0 aromatic rings. The second-order valence-electron chi connectivity index (χ2n) is 4.74. The molecule has 0 unspecified atom stereocenters. The highest BCUT2D eigenvalue weighted by molar-refractivity contribution is 4.66. The third kappa shape index (κ3) is 8.07. The lowest BCUT2D eigenvalue weighted by Gasteiger charge is -2.26. The minimum atomic E-state index is 0.634. The van der Waals surface area contributed by atoms with E-state index in [1.807, 2.05) is 0 Å². The average molecular weight is 197 g/mol. The Hall–Kier alpha value is -0.550. The van der Waals surface area contributed by atoms with Gasteiger partial charge in [0.2, 0.25) is 0 Å². The summed E-state index contributed by atoms with van der Waals surface area (Å²) < 4.78 is 0.851. The second kappa shape index (κ2) is 7.82. The molecule has 0 radical (unpaired) electrons.